The molecule has 0 saturated carbocycles. The van der Waals surface area contributed by atoms with Gasteiger partial charge in [-0.3, -0.25) is 0 Å². The van der Waals surface area contributed by atoms with Gasteiger partial charge in [0.2, 0.25) is 0 Å². The van der Waals surface area contributed by atoms with Crippen molar-refractivity contribution in [3.63, 3.8) is 0 Å². The molecule has 0 rings (SSSR count). The molecule has 0 amide bonds. The smallest absolute Gasteiger partial charge is 0.0495 e. The SMILES string of the molecule is COCC(C)CI. The van der Waals surface area contributed by atoms with E-state index in [9.17, 15) is 0 Å². The highest BCUT2D eigenvalue weighted by molar-refractivity contribution is 14.1. The summed E-state index contributed by atoms with van der Waals surface area (Å²) in [6.07, 6.45) is 0. The highest BCUT2D eigenvalue weighted by Crippen LogP contribution is 1.98. The van der Waals surface area contributed by atoms with Crippen molar-refractivity contribution in [2.75, 3.05) is 18.1 Å². The van der Waals surface area contributed by atoms with Crippen molar-refractivity contribution in [3.05, 3.63) is 0 Å². The second kappa shape index (κ2) is 4.84. The first-order chi connectivity index (χ1) is 3.31. The van der Waals surface area contributed by atoms with Crippen LogP contribution >= 0.6 is 22.6 Å². The quantitative estimate of drug-likeness (QED) is 0.513. The Morgan fingerprint density at radius 3 is 2.43 bits per heavy atom. The highest BCUT2D eigenvalue weighted by Gasteiger charge is 1.94. The maximum absolute atomic E-state index is 4.89. The van der Waals surface area contributed by atoms with E-state index in [4.69, 9.17) is 4.74 Å². The number of ether oxygens (including phenoxy) is 1. The Kier molecular flexibility index (Phi) is 5.32. The maximum Gasteiger partial charge on any atom is 0.0495 e. The minimum absolute atomic E-state index is 0.714. The van der Waals surface area contributed by atoms with E-state index in [0.717, 1.165) is 6.61 Å². The third kappa shape index (κ3) is 4.55. The topological polar surface area (TPSA) is 9.23 Å². The predicted molar refractivity (Wildman–Crippen MR) is 39.9 cm³/mol. The lowest BCUT2D eigenvalue weighted by molar-refractivity contribution is 0.169. The van der Waals surface area contributed by atoms with Crippen molar-refractivity contribution in [1.82, 2.24) is 0 Å². The predicted octanol–water partition coefficient (Wildman–Crippen LogP) is 1.70. The average molecular weight is 214 g/mol. The Bertz CT molecular complexity index is 39.1. The third-order valence-corrected chi connectivity index (χ3v) is 2.22. The molecule has 7 heavy (non-hydrogen) atoms. The van der Waals surface area contributed by atoms with E-state index in [1.807, 2.05) is 0 Å². The van der Waals surface area contributed by atoms with Crippen LogP contribution in [0.1, 0.15) is 6.92 Å². The molecule has 0 aliphatic heterocycles. The van der Waals surface area contributed by atoms with Gasteiger partial charge < -0.3 is 4.74 Å². The lowest BCUT2D eigenvalue weighted by atomic mass is 10.2. The van der Waals surface area contributed by atoms with E-state index in [2.05, 4.69) is 29.5 Å². The summed E-state index contributed by atoms with van der Waals surface area (Å²) in [5, 5.41) is 0. The Hall–Kier alpha value is 0.690. The molecule has 0 N–H and O–H groups in total. The van der Waals surface area contributed by atoms with E-state index >= 15 is 0 Å². The van der Waals surface area contributed by atoms with Crippen molar-refractivity contribution in [2.24, 2.45) is 5.92 Å². The summed E-state index contributed by atoms with van der Waals surface area (Å²) in [5.74, 6) is 0.714. The van der Waals surface area contributed by atoms with Crippen LogP contribution in [0.4, 0.5) is 0 Å². The molecular weight excluding hydrogens is 203 g/mol. The molecule has 0 aromatic rings. The zero-order valence-corrected chi connectivity index (χ0v) is 6.94. The molecule has 0 fully saturated rings. The Morgan fingerprint density at radius 2 is 2.29 bits per heavy atom. The van der Waals surface area contributed by atoms with Gasteiger partial charge in [-0.05, 0) is 5.92 Å². The molecule has 0 aromatic heterocycles. The average Bonchev–Trinajstić information content (AvgIpc) is 1.68. The van der Waals surface area contributed by atoms with Crippen LogP contribution in [-0.2, 0) is 4.74 Å². The normalized spacial score (nSPS) is 14.1. The van der Waals surface area contributed by atoms with E-state index in [0.29, 0.717) is 5.92 Å². The van der Waals surface area contributed by atoms with E-state index in [1.54, 1.807) is 7.11 Å². The fraction of sp³-hybridized carbons (Fsp3) is 1.00. The van der Waals surface area contributed by atoms with Gasteiger partial charge >= 0.3 is 0 Å². The second-order valence-corrected chi connectivity index (χ2v) is 2.60. The lowest BCUT2D eigenvalue weighted by Gasteiger charge is -2.02. The summed E-state index contributed by atoms with van der Waals surface area (Å²) in [7, 11) is 1.74. The summed E-state index contributed by atoms with van der Waals surface area (Å²) < 4.78 is 6.08. The molecule has 0 bridgehead atoms. The fourth-order valence-corrected chi connectivity index (χ4v) is 0.583. The van der Waals surface area contributed by atoms with Crippen LogP contribution in [0.25, 0.3) is 0 Å². The molecule has 0 spiro atoms. The van der Waals surface area contributed by atoms with Crippen LogP contribution in [0.3, 0.4) is 0 Å². The van der Waals surface area contributed by atoms with Gasteiger partial charge in [-0.1, -0.05) is 29.5 Å². The van der Waals surface area contributed by atoms with Crippen molar-refractivity contribution >= 4 is 22.6 Å². The molecule has 0 aromatic carbocycles. The molecule has 0 heterocycles. The van der Waals surface area contributed by atoms with Crippen molar-refractivity contribution in [1.29, 1.82) is 0 Å². The van der Waals surface area contributed by atoms with Gasteiger partial charge in [0.25, 0.3) is 0 Å². The van der Waals surface area contributed by atoms with Gasteiger partial charge in [0.05, 0.1) is 0 Å². The van der Waals surface area contributed by atoms with E-state index in [-0.39, 0.29) is 0 Å². The standard InChI is InChI=1S/C5H11IO/c1-5(3-6)4-7-2/h5H,3-4H2,1-2H3. The number of rotatable bonds is 3. The third-order valence-electron chi connectivity index (χ3n) is 0.715. The summed E-state index contributed by atoms with van der Waals surface area (Å²) in [5.41, 5.74) is 0. The van der Waals surface area contributed by atoms with Gasteiger partial charge in [-0.2, -0.15) is 0 Å². The van der Waals surface area contributed by atoms with Gasteiger partial charge in [0.15, 0.2) is 0 Å². The first-order valence-electron chi connectivity index (χ1n) is 2.36. The Labute approximate surface area is 58.6 Å². The summed E-state index contributed by atoms with van der Waals surface area (Å²) in [6, 6.07) is 0. The van der Waals surface area contributed by atoms with Crippen LogP contribution in [0.5, 0.6) is 0 Å². The van der Waals surface area contributed by atoms with Crippen LogP contribution < -0.4 is 0 Å². The molecule has 1 unspecified atom stereocenters. The summed E-state index contributed by atoms with van der Waals surface area (Å²) in [4.78, 5) is 0. The fourth-order valence-electron chi connectivity index (χ4n) is 0.329. The molecule has 1 nitrogen and oxygen atoms in total. The highest BCUT2D eigenvalue weighted by atomic mass is 127. The number of hydrogen-bond donors (Lipinski definition) is 0. The zero-order chi connectivity index (χ0) is 5.70. The minimum Gasteiger partial charge on any atom is -0.384 e. The number of halogens is 1. The molecule has 0 saturated heterocycles. The molecule has 0 aliphatic rings. The molecule has 0 radical (unpaired) electrons. The van der Waals surface area contributed by atoms with Crippen LogP contribution in [0.2, 0.25) is 0 Å². The first-order valence-corrected chi connectivity index (χ1v) is 3.88. The number of alkyl halides is 1. The molecule has 44 valence electrons. The van der Waals surface area contributed by atoms with Crippen LogP contribution in [0, 0.1) is 5.92 Å². The summed E-state index contributed by atoms with van der Waals surface area (Å²) in [6.45, 7) is 3.07. The van der Waals surface area contributed by atoms with Crippen molar-refractivity contribution in [3.8, 4) is 0 Å². The van der Waals surface area contributed by atoms with Gasteiger partial charge in [0, 0.05) is 18.1 Å². The van der Waals surface area contributed by atoms with Crippen LogP contribution in [0.15, 0.2) is 0 Å². The molecule has 2 heteroatoms. The largest absolute Gasteiger partial charge is 0.384 e. The molecule has 1 atom stereocenters. The first kappa shape index (κ1) is 7.69. The Balaban J connectivity index is 2.83. The van der Waals surface area contributed by atoms with Crippen molar-refractivity contribution < 1.29 is 4.74 Å². The van der Waals surface area contributed by atoms with Gasteiger partial charge in [0.1, 0.15) is 0 Å². The second-order valence-electron chi connectivity index (χ2n) is 1.71. The molecular formula is C5H11IO. The summed E-state index contributed by atoms with van der Waals surface area (Å²) >= 11 is 2.36. The van der Waals surface area contributed by atoms with Crippen molar-refractivity contribution in [2.45, 2.75) is 6.92 Å². The Morgan fingerprint density at radius 1 is 1.71 bits per heavy atom. The molecule has 0 aliphatic carbocycles. The van der Waals surface area contributed by atoms with E-state index in [1.165, 1.54) is 4.43 Å². The lowest BCUT2D eigenvalue weighted by Crippen LogP contribution is -2.03. The number of methoxy groups -OCH3 is 1. The maximum atomic E-state index is 4.89. The van der Waals surface area contributed by atoms with Gasteiger partial charge in [-0.15, -0.1) is 0 Å². The van der Waals surface area contributed by atoms with Crippen LogP contribution in [-0.4, -0.2) is 18.1 Å². The zero-order valence-electron chi connectivity index (χ0n) is 4.78. The van der Waals surface area contributed by atoms with Gasteiger partial charge in [-0.25, -0.2) is 0 Å². The van der Waals surface area contributed by atoms with E-state index < -0.39 is 0 Å². The number of hydrogen-bond acceptors (Lipinski definition) is 1. The monoisotopic (exact) mass is 214 g/mol. The minimum atomic E-state index is 0.714.